The Hall–Kier alpha value is -4.08. The normalized spacial score (nSPS) is 20.5. The molecule has 0 spiro atoms. The van der Waals surface area contributed by atoms with Crippen LogP contribution in [0.4, 0.5) is 4.39 Å². The third-order valence-corrected chi connectivity index (χ3v) is 9.23. The largest absolute Gasteiger partial charge is 0.489 e. The monoisotopic (exact) mass is 615 g/mol. The van der Waals surface area contributed by atoms with Crippen molar-refractivity contribution < 1.29 is 28.6 Å². The van der Waals surface area contributed by atoms with Crippen LogP contribution in [-0.2, 0) is 15.8 Å². The van der Waals surface area contributed by atoms with Crippen LogP contribution < -0.4 is 15.2 Å². The van der Waals surface area contributed by atoms with E-state index in [0.29, 0.717) is 55.5 Å². The van der Waals surface area contributed by atoms with Gasteiger partial charge in [0, 0.05) is 34.7 Å². The molecule has 3 heterocycles. The molecule has 2 aliphatic carbocycles. The first-order valence-corrected chi connectivity index (χ1v) is 15.2. The molecule has 0 saturated heterocycles. The summed E-state index contributed by atoms with van der Waals surface area (Å²) in [4.78, 5) is 35.6. The summed E-state index contributed by atoms with van der Waals surface area (Å²) in [6.45, 7) is 1.71. The number of benzene rings is 2. The van der Waals surface area contributed by atoms with Crippen molar-refractivity contribution in [1.82, 2.24) is 9.97 Å². The molecule has 1 amide bonds. The summed E-state index contributed by atoms with van der Waals surface area (Å²) >= 11 is 6.21. The lowest BCUT2D eigenvalue weighted by molar-refractivity contribution is -0.123. The molecular formula is C34H31ClFN3O5. The van der Waals surface area contributed by atoms with Gasteiger partial charge in [-0.3, -0.25) is 14.6 Å². The molecular weight excluding hydrogens is 585 g/mol. The van der Waals surface area contributed by atoms with Gasteiger partial charge in [0.25, 0.3) is 0 Å². The third kappa shape index (κ3) is 5.08. The van der Waals surface area contributed by atoms with Crippen molar-refractivity contribution in [1.29, 1.82) is 0 Å². The number of amides is 1. The van der Waals surface area contributed by atoms with Crippen LogP contribution in [0.1, 0.15) is 67.1 Å². The second-order valence-corrected chi connectivity index (χ2v) is 12.8. The average molecular weight is 616 g/mol. The Balaban J connectivity index is 1.25. The van der Waals surface area contributed by atoms with Crippen molar-refractivity contribution in [3.8, 4) is 22.8 Å². The highest BCUT2D eigenvalue weighted by Gasteiger charge is 2.49. The molecule has 0 unspecified atom stereocenters. The Bertz CT molecular complexity index is 1820. The highest BCUT2D eigenvalue weighted by molar-refractivity contribution is 6.31. The molecule has 2 saturated carbocycles. The van der Waals surface area contributed by atoms with Gasteiger partial charge in [0.2, 0.25) is 5.91 Å². The number of ether oxygens (including phenoxy) is 2. The van der Waals surface area contributed by atoms with Crippen molar-refractivity contribution >= 4 is 34.2 Å². The van der Waals surface area contributed by atoms with Crippen LogP contribution in [0.5, 0.6) is 11.5 Å². The van der Waals surface area contributed by atoms with Crippen LogP contribution >= 0.6 is 11.6 Å². The number of primary amides is 1. The number of hydrogen-bond donors (Lipinski definition) is 2. The van der Waals surface area contributed by atoms with E-state index in [1.807, 2.05) is 0 Å². The Labute approximate surface area is 258 Å². The Morgan fingerprint density at radius 1 is 1.16 bits per heavy atom. The number of carbonyl (C=O) groups excluding carboxylic acids is 2. The SMILES string of the molecule is C[C@]1(C(N)=O)COc2c1cc([C@@](O)(CCC(=O)c1cc(OC3CC3)c3ncc(Cl)cc3c1)C1CC1)nc2-c1ccc(F)cc1. The number of pyridine rings is 2. The van der Waals surface area contributed by atoms with Crippen LogP contribution in [-0.4, -0.2) is 39.5 Å². The van der Waals surface area contributed by atoms with Crippen LogP contribution in [0, 0.1) is 11.7 Å². The van der Waals surface area contributed by atoms with Gasteiger partial charge in [-0.05, 0) is 93.5 Å². The number of Topliss-reactive ketones (excluding diaryl/α,β-unsaturated/α-hetero) is 1. The van der Waals surface area contributed by atoms with Gasteiger partial charge in [-0.15, -0.1) is 0 Å². The van der Waals surface area contributed by atoms with Gasteiger partial charge in [0.1, 0.15) is 46.1 Å². The minimum atomic E-state index is -1.46. The van der Waals surface area contributed by atoms with Gasteiger partial charge in [-0.1, -0.05) is 11.6 Å². The van der Waals surface area contributed by atoms with E-state index < -0.39 is 22.7 Å². The lowest BCUT2D eigenvalue weighted by Gasteiger charge is -2.29. The highest BCUT2D eigenvalue weighted by Crippen LogP contribution is 2.52. The summed E-state index contributed by atoms with van der Waals surface area (Å²) in [5.41, 5.74) is 6.09. The van der Waals surface area contributed by atoms with Crippen molar-refractivity contribution in [3.63, 3.8) is 0 Å². The van der Waals surface area contributed by atoms with E-state index in [4.69, 9.17) is 31.8 Å². The number of halogens is 2. The maximum absolute atomic E-state index is 13.8. The van der Waals surface area contributed by atoms with E-state index in [0.717, 1.165) is 25.7 Å². The molecule has 7 rings (SSSR count). The molecule has 2 atom stereocenters. The van der Waals surface area contributed by atoms with Gasteiger partial charge >= 0.3 is 0 Å². The molecule has 226 valence electrons. The summed E-state index contributed by atoms with van der Waals surface area (Å²) in [6.07, 6.45) is 5.23. The minimum absolute atomic E-state index is 0.0173. The quantitative estimate of drug-likeness (QED) is 0.209. The Kier molecular flexibility index (Phi) is 6.86. The zero-order valence-corrected chi connectivity index (χ0v) is 24.9. The number of ketones is 1. The second-order valence-electron chi connectivity index (χ2n) is 12.4. The van der Waals surface area contributed by atoms with Crippen molar-refractivity contribution in [2.24, 2.45) is 11.7 Å². The van der Waals surface area contributed by atoms with Crippen molar-refractivity contribution in [2.45, 2.75) is 62.6 Å². The third-order valence-electron chi connectivity index (χ3n) is 9.02. The molecule has 3 aliphatic rings. The fraction of sp³-hybridized carbons (Fsp3) is 0.353. The van der Waals surface area contributed by atoms with Crippen LogP contribution in [0.25, 0.3) is 22.2 Å². The van der Waals surface area contributed by atoms with E-state index in [2.05, 4.69) is 4.98 Å². The lowest BCUT2D eigenvalue weighted by atomic mass is 9.80. The van der Waals surface area contributed by atoms with Gasteiger partial charge in [-0.2, -0.15) is 0 Å². The van der Waals surface area contributed by atoms with E-state index in [1.54, 1.807) is 49.5 Å². The molecule has 0 bridgehead atoms. The Morgan fingerprint density at radius 3 is 2.59 bits per heavy atom. The summed E-state index contributed by atoms with van der Waals surface area (Å²) in [5, 5.41) is 13.4. The minimum Gasteiger partial charge on any atom is -0.489 e. The topological polar surface area (TPSA) is 125 Å². The van der Waals surface area contributed by atoms with Gasteiger partial charge in [0.05, 0.1) is 16.8 Å². The highest BCUT2D eigenvalue weighted by atomic mass is 35.5. The second kappa shape index (κ2) is 10.5. The molecule has 10 heteroatoms. The molecule has 2 fully saturated rings. The molecule has 8 nitrogen and oxygen atoms in total. The van der Waals surface area contributed by atoms with E-state index in [-0.39, 0.29) is 37.3 Å². The van der Waals surface area contributed by atoms with E-state index in [9.17, 15) is 19.1 Å². The van der Waals surface area contributed by atoms with Gasteiger partial charge in [0.15, 0.2) is 5.78 Å². The number of rotatable bonds is 10. The number of aliphatic hydroxyl groups is 1. The molecule has 4 aromatic rings. The van der Waals surface area contributed by atoms with Gasteiger partial charge < -0.3 is 20.3 Å². The smallest absolute Gasteiger partial charge is 0.231 e. The van der Waals surface area contributed by atoms with Crippen LogP contribution in [0.3, 0.4) is 0 Å². The average Bonchev–Trinajstić information content (AvgIpc) is 3.94. The first-order valence-electron chi connectivity index (χ1n) is 14.8. The molecule has 1 aliphatic heterocycles. The maximum atomic E-state index is 13.8. The van der Waals surface area contributed by atoms with Crippen molar-refractivity contribution in [2.75, 3.05) is 6.61 Å². The number of hydrogen-bond acceptors (Lipinski definition) is 7. The zero-order chi connectivity index (χ0) is 30.8. The number of carbonyl (C=O) groups is 2. The number of aromatic nitrogens is 2. The van der Waals surface area contributed by atoms with E-state index >= 15 is 0 Å². The summed E-state index contributed by atoms with van der Waals surface area (Å²) < 4.78 is 25.8. The number of nitrogens with two attached hydrogens (primary N) is 1. The predicted molar refractivity (Wildman–Crippen MR) is 162 cm³/mol. The van der Waals surface area contributed by atoms with Crippen LogP contribution in [0.15, 0.2) is 54.7 Å². The predicted octanol–water partition coefficient (Wildman–Crippen LogP) is 6.03. The first kappa shape index (κ1) is 28.7. The summed E-state index contributed by atoms with van der Waals surface area (Å²) in [6, 6.07) is 12.7. The molecule has 44 heavy (non-hydrogen) atoms. The molecule has 2 aromatic carbocycles. The standard InChI is InChI=1S/C34H31ClFN3O5/c1-33(32(37)41)17-43-31-25(33)15-28(39-30(31)18-2-6-23(36)7-3-18)34(42,21-4-5-21)11-10-26(40)19-12-20-13-22(35)16-38-29(20)27(14-19)44-24-8-9-24/h2-3,6-7,12-16,21,24,42H,4-5,8-11,17H2,1H3,(H2,37,41)/t33-,34+/m0/s1. The lowest BCUT2D eigenvalue weighted by Crippen LogP contribution is -2.40. The number of nitrogens with zero attached hydrogens (tertiary/aromatic N) is 2. The molecule has 2 aromatic heterocycles. The zero-order valence-electron chi connectivity index (χ0n) is 24.1. The van der Waals surface area contributed by atoms with Crippen molar-refractivity contribution in [3.05, 3.63) is 82.4 Å². The Morgan fingerprint density at radius 2 is 1.91 bits per heavy atom. The fourth-order valence-electron chi connectivity index (χ4n) is 5.97. The van der Waals surface area contributed by atoms with Crippen LogP contribution in [0.2, 0.25) is 5.02 Å². The molecule has 0 radical (unpaired) electrons. The summed E-state index contributed by atoms with van der Waals surface area (Å²) in [7, 11) is 0. The number of fused-ring (bicyclic) bond motifs is 2. The fourth-order valence-corrected chi connectivity index (χ4v) is 6.14. The first-order chi connectivity index (χ1) is 21.0. The van der Waals surface area contributed by atoms with E-state index in [1.165, 1.54) is 12.1 Å². The summed E-state index contributed by atoms with van der Waals surface area (Å²) in [5.74, 6) is -0.359. The molecule has 3 N–H and O–H groups in total. The maximum Gasteiger partial charge on any atom is 0.231 e. The van der Waals surface area contributed by atoms with Gasteiger partial charge in [-0.25, -0.2) is 9.37 Å².